The van der Waals surface area contributed by atoms with Crippen molar-refractivity contribution in [2.45, 2.75) is 56.7 Å². The number of ether oxygens (including phenoxy) is 1. The van der Waals surface area contributed by atoms with Gasteiger partial charge in [0.15, 0.2) is 0 Å². The number of nitrogens with one attached hydrogen (secondary N) is 1. The van der Waals surface area contributed by atoms with E-state index in [4.69, 9.17) is 4.74 Å². The first-order valence-electron chi connectivity index (χ1n) is 7.20. The zero-order chi connectivity index (χ0) is 10.6. The van der Waals surface area contributed by atoms with Crippen molar-refractivity contribution >= 4 is 0 Å². The third-order valence-electron chi connectivity index (χ3n) is 5.41. The van der Waals surface area contributed by atoms with Crippen molar-refractivity contribution < 1.29 is 4.74 Å². The Bertz CT molecular complexity index is 247. The molecule has 5 fully saturated rings. The lowest BCUT2D eigenvalue weighted by Gasteiger charge is -2.57. The molecule has 0 aromatic heterocycles. The van der Waals surface area contributed by atoms with Crippen molar-refractivity contribution in [3.05, 3.63) is 0 Å². The smallest absolute Gasteiger partial charge is 0.0719 e. The van der Waals surface area contributed by atoms with Gasteiger partial charge in [0.25, 0.3) is 0 Å². The number of rotatable bonds is 2. The first-order chi connectivity index (χ1) is 7.81. The average Bonchev–Trinajstić information content (AvgIpc) is 2.66. The van der Waals surface area contributed by atoms with Crippen LogP contribution in [-0.2, 0) is 4.74 Å². The summed E-state index contributed by atoms with van der Waals surface area (Å²) in [5.74, 6) is 3.04. The van der Waals surface area contributed by atoms with Gasteiger partial charge in [0, 0.05) is 6.54 Å². The summed E-state index contributed by atoms with van der Waals surface area (Å²) in [5.41, 5.74) is 0.325. The van der Waals surface area contributed by atoms with Crippen LogP contribution >= 0.6 is 0 Å². The minimum atomic E-state index is 0.325. The molecule has 2 nitrogen and oxygen atoms in total. The Morgan fingerprint density at radius 1 is 0.938 bits per heavy atom. The molecule has 5 rings (SSSR count). The molecule has 4 bridgehead atoms. The SMILES string of the molecule is C1CC(OC23CC4CC(CC(C4)C2)C3)CN1. The molecule has 1 unspecified atom stereocenters. The van der Waals surface area contributed by atoms with Crippen LogP contribution in [-0.4, -0.2) is 24.8 Å². The minimum absolute atomic E-state index is 0.325. The van der Waals surface area contributed by atoms with Crippen LogP contribution in [0.4, 0.5) is 0 Å². The van der Waals surface area contributed by atoms with Crippen molar-refractivity contribution in [3.63, 3.8) is 0 Å². The van der Waals surface area contributed by atoms with Gasteiger partial charge in [-0.2, -0.15) is 0 Å². The topological polar surface area (TPSA) is 21.3 Å². The Morgan fingerprint density at radius 2 is 1.56 bits per heavy atom. The van der Waals surface area contributed by atoms with Crippen molar-refractivity contribution in [2.75, 3.05) is 13.1 Å². The fraction of sp³-hybridized carbons (Fsp3) is 1.00. The first kappa shape index (κ1) is 9.90. The standard InChI is InChI=1S/C14H23NO/c1-2-15-9-13(1)16-14-6-10-3-11(7-14)5-12(4-10)8-14/h10-13,15H,1-9H2. The molecular weight excluding hydrogens is 198 g/mol. The Hall–Kier alpha value is -0.0800. The zero-order valence-corrected chi connectivity index (χ0v) is 10.1. The molecule has 1 atom stereocenters. The van der Waals surface area contributed by atoms with Crippen molar-refractivity contribution in [1.29, 1.82) is 0 Å². The second-order valence-corrected chi connectivity index (χ2v) is 6.83. The van der Waals surface area contributed by atoms with Gasteiger partial charge in [-0.05, 0) is 69.2 Å². The van der Waals surface area contributed by atoms with E-state index in [2.05, 4.69) is 5.32 Å². The van der Waals surface area contributed by atoms with Crippen LogP contribution in [0.2, 0.25) is 0 Å². The summed E-state index contributed by atoms with van der Waals surface area (Å²) in [6.07, 6.45) is 10.5. The molecule has 90 valence electrons. The van der Waals surface area contributed by atoms with Gasteiger partial charge in [-0.1, -0.05) is 0 Å². The molecule has 0 radical (unpaired) electrons. The highest BCUT2D eigenvalue weighted by molar-refractivity contribution is 5.03. The number of hydrogen-bond acceptors (Lipinski definition) is 2. The van der Waals surface area contributed by atoms with Crippen molar-refractivity contribution in [3.8, 4) is 0 Å². The highest BCUT2D eigenvalue weighted by Crippen LogP contribution is 2.57. The predicted molar refractivity (Wildman–Crippen MR) is 63.3 cm³/mol. The summed E-state index contributed by atoms with van der Waals surface area (Å²) in [4.78, 5) is 0. The van der Waals surface area contributed by atoms with Crippen molar-refractivity contribution in [1.82, 2.24) is 5.32 Å². The summed E-state index contributed by atoms with van der Waals surface area (Å²) in [7, 11) is 0. The molecular formula is C14H23NO. The largest absolute Gasteiger partial charge is 0.370 e. The molecule has 16 heavy (non-hydrogen) atoms. The van der Waals surface area contributed by atoms with E-state index < -0.39 is 0 Å². The Labute approximate surface area is 98.1 Å². The Morgan fingerprint density at radius 3 is 2.06 bits per heavy atom. The van der Waals surface area contributed by atoms with E-state index in [0.717, 1.165) is 30.8 Å². The molecule has 2 heteroatoms. The zero-order valence-electron chi connectivity index (χ0n) is 10.1. The monoisotopic (exact) mass is 221 g/mol. The minimum Gasteiger partial charge on any atom is -0.370 e. The van der Waals surface area contributed by atoms with Crippen LogP contribution in [0, 0.1) is 17.8 Å². The Balaban J connectivity index is 1.52. The van der Waals surface area contributed by atoms with Gasteiger partial charge in [0.1, 0.15) is 0 Å². The average molecular weight is 221 g/mol. The van der Waals surface area contributed by atoms with E-state index in [0.29, 0.717) is 11.7 Å². The second kappa shape index (κ2) is 3.46. The highest BCUT2D eigenvalue weighted by Gasteiger charge is 2.52. The molecule has 1 aliphatic heterocycles. The summed E-state index contributed by atoms with van der Waals surface area (Å²) in [6, 6.07) is 0. The van der Waals surface area contributed by atoms with E-state index in [1.165, 1.54) is 44.9 Å². The van der Waals surface area contributed by atoms with Crippen LogP contribution in [0.3, 0.4) is 0 Å². The van der Waals surface area contributed by atoms with Gasteiger partial charge in [0.2, 0.25) is 0 Å². The predicted octanol–water partition coefficient (Wildman–Crippen LogP) is 2.33. The van der Waals surface area contributed by atoms with Crippen LogP contribution in [0.5, 0.6) is 0 Å². The van der Waals surface area contributed by atoms with Gasteiger partial charge >= 0.3 is 0 Å². The molecule has 0 aromatic rings. The summed E-state index contributed by atoms with van der Waals surface area (Å²) >= 11 is 0. The quantitative estimate of drug-likeness (QED) is 0.773. The maximum atomic E-state index is 6.55. The van der Waals surface area contributed by atoms with Gasteiger partial charge in [-0.3, -0.25) is 0 Å². The van der Waals surface area contributed by atoms with Crippen LogP contribution in [0.25, 0.3) is 0 Å². The summed E-state index contributed by atoms with van der Waals surface area (Å²) in [6.45, 7) is 2.26. The van der Waals surface area contributed by atoms with Crippen LogP contribution in [0.1, 0.15) is 44.9 Å². The lowest BCUT2D eigenvalue weighted by atomic mass is 9.54. The lowest BCUT2D eigenvalue weighted by molar-refractivity contribution is -0.183. The van der Waals surface area contributed by atoms with E-state index >= 15 is 0 Å². The summed E-state index contributed by atoms with van der Waals surface area (Å²) in [5, 5.41) is 3.43. The number of hydrogen-bond donors (Lipinski definition) is 1. The third-order valence-corrected chi connectivity index (χ3v) is 5.41. The summed E-state index contributed by atoms with van der Waals surface area (Å²) < 4.78 is 6.55. The second-order valence-electron chi connectivity index (χ2n) is 6.83. The van der Waals surface area contributed by atoms with E-state index in [9.17, 15) is 0 Å². The molecule has 1 saturated heterocycles. The maximum absolute atomic E-state index is 6.55. The third kappa shape index (κ3) is 1.53. The van der Waals surface area contributed by atoms with Gasteiger partial charge in [-0.25, -0.2) is 0 Å². The molecule has 1 N–H and O–H groups in total. The molecule has 5 aliphatic rings. The molecule has 4 saturated carbocycles. The van der Waals surface area contributed by atoms with Gasteiger partial charge < -0.3 is 10.1 Å². The van der Waals surface area contributed by atoms with Crippen molar-refractivity contribution in [2.24, 2.45) is 17.8 Å². The molecule has 0 aromatic carbocycles. The van der Waals surface area contributed by atoms with Crippen LogP contribution < -0.4 is 5.32 Å². The highest BCUT2D eigenvalue weighted by atomic mass is 16.5. The fourth-order valence-electron chi connectivity index (χ4n) is 5.26. The molecule has 0 spiro atoms. The van der Waals surface area contributed by atoms with E-state index in [1.54, 1.807) is 0 Å². The van der Waals surface area contributed by atoms with E-state index in [-0.39, 0.29) is 0 Å². The fourth-order valence-corrected chi connectivity index (χ4v) is 5.26. The van der Waals surface area contributed by atoms with Gasteiger partial charge in [0.05, 0.1) is 11.7 Å². The first-order valence-corrected chi connectivity index (χ1v) is 7.20. The maximum Gasteiger partial charge on any atom is 0.0719 e. The lowest BCUT2D eigenvalue weighted by Crippen LogP contribution is -2.53. The molecule has 1 heterocycles. The van der Waals surface area contributed by atoms with E-state index in [1.807, 2.05) is 0 Å². The molecule has 4 aliphatic carbocycles. The van der Waals surface area contributed by atoms with Gasteiger partial charge in [-0.15, -0.1) is 0 Å². The Kier molecular flexibility index (Phi) is 2.14. The normalized spacial score (nSPS) is 54.8. The van der Waals surface area contributed by atoms with Crippen LogP contribution in [0.15, 0.2) is 0 Å². The molecule has 0 amide bonds.